The summed E-state index contributed by atoms with van der Waals surface area (Å²) in [6, 6.07) is 5.35. The number of nitrogens with zero attached hydrogens (tertiary/aromatic N) is 4. The zero-order chi connectivity index (χ0) is 29.7. The van der Waals surface area contributed by atoms with E-state index in [1.807, 2.05) is 33.8 Å². The van der Waals surface area contributed by atoms with E-state index in [1.165, 1.54) is 5.23 Å². The monoisotopic (exact) mass is 569 g/mol. The van der Waals surface area contributed by atoms with Gasteiger partial charge < -0.3 is 15.1 Å². The number of carbonyl (C=O) groups excluding carboxylic acids is 1. The van der Waals surface area contributed by atoms with E-state index in [-0.39, 0.29) is 29.0 Å². The first-order chi connectivity index (χ1) is 18.4. The third kappa shape index (κ3) is 6.05. The van der Waals surface area contributed by atoms with Gasteiger partial charge in [-0.3, -0.25) is 9.78 Å². The molecule has 9 nitrogen and oxygen atoms in total. The minimum absolute atomic E-state index is 0.136. The first-order valence-electron chi connectivity index (χ1n) is 14.3. The van der Waals surface area contributed by atoms with Crippen LogP contribution in [-0.2, 0) is 20.5 Å². The van der Waals surface area contributed by atoms with Crippen LogP contribution in [0.25, 0.3) is 0 Å². The molecule has 10 heteroatoms. The molecule has 2 aliphatic rings. The highest BCUT2D eigenvalue weighted by molar-refractivity contribution is 6.74. The largest absolute Gasteiger partial charge is 0.414 e. The summed E-state index contributed by atoms with van der Waals surface area (Å²) in [5.74, 6) is 0.554. The molecule has 4 heterocycles. The molecule has 2 aromatic rings. The number of piperidine rings is 1. The molecule has 2 fully saturated rings. The van der Waals surface area contributed by atoms with E-state index in [1.54, 1.807) is 24.5 Å². The Morgan fingerprint density at radius 1 is 1.15 bits per heavy atom. The van der Waals surface area contributed by atoms with Crippen LogP contribution < -0.4 is 15.9 Å². The van der Waals surface area contributed by atoms with Gasteiger partial charge >= 0.3 is 0 Å². The molecule has 0 radical (unpaired) electrons. The minimum Gasteiger partial charge on any atom is -0.414 e. The van der Waals surface area contributed by atoms with Crippen molar-refractivity contribution in [3.63, 3.8) is 0 Å². The van der Waals surface area contributed by atoms with Gasteiger partial charge in [0.15, 0.2) is 19.9 Å². The number of hydrogen-bond acceptors (Lipinski definition) is 9. The summed E-state index contributed by atoms with van der Waals surface area (Å²) in [4.78, 5) is 36.8. The number of pyridine rings is 2. The summed E-state index contributed by atoms with van der Waals surface area (Å²) in [5, 5.41) is 1.46. The van der Waals surface area contributed by atoms with Gasteiger partial charge in [-0.25, -0.2) is 14.7 Å². The van der Waals surface area contributed by atoms with E-state index in [2.05, 4.69) is 55.7 Å². The second kappa shape index (κ2) is 10.7. The number of aromatic nitrogens is 2. The van der Waals surface area contributed by atoms with Crippen LogP contribution in [-0.4, -0.2) is 54.5 Å². The first-order valence-corrected chi connectivity index (χ1v) is 17.2. The van der Waals surface area contributed by atoms with Crippen molar-refractivity contribution in [1.29, 1.82) is 0 Å². The highest BCUT2D eigenvalue weighted by atomic mass is 28.4. The van der Waals surface area contributed by atoms with Gasteiger partial charge in [-0.05, 0) is 76.4 Å². The Kier molecular flexibility index (Phi) is 8.14. The SMILES string of the molecule is C[C@@H]1CN(c2ccncc2CC(=O)c2nc(N3OC(C)(C)C(C)(C)O3)ccc2N)CC[C@H]1O[Si](C)(C)C(C)(C)C. The maximum atomic E-state index is 13.6. The smallest absolute Gasteiger partial charge is 0.192 e. The molecule has 2 aliphatic heterocycles. The van der Waals surface area contributed by atoms with Crippen molar-refractivity contribution in [2.75, 3.05) is 28.9 Å². The minimum atomic E-state index is -1.86. The second-order valence-electron chi connectivity index (χ2n) is 13.8. The Morgan fingerprint density at radius 2 is 1.80 bits per heavy atom. The summed E-state index contributed by atoms with van der Waals surface area (Å²) >= 11 is 0. The number of nitrogen functional groups attached to an aromatic ring is 1. The lowest BCUT2D eigenvalue weighted by molar-refractivity contribution is -0.0292. The molecular formula is C30H47N5O4Si. The molecule has 2 atom stereocenters. The van der Waals surface area contributed by atoms with Gasteiger partial charge in [0.25, 0.3) is 0 Å². The normalized spacial score (nSPS) is 22.9. The molecule has 2 saturated heterocycles. The molecule has 0 amide bonds. The van der Waals surface area contributed by atoms with E-state index < -0.39 is 19.5 Å². The molecule has 220 valence electrons. The van der Waals surface area contributed by atoms with Crippen molar-refractivity contribution in [1.82, 2.24) is 9.97 Å². The van der Waals surface area contributed by atoms with Crippen molar-refractivity contribution in [3.8, 4) is 0 Å². The predicted molar refractivity (Wildman–Crippen MR) is 162 cm³/mol. The van der Waals surface area contributed by atoms with Crippen molar-refractivity contribution in [2.45, 2.75) is 104 Å². The molecule has 2 aromatic heterocycles. The lowest BCUT2D eigenvalue weighted by Gasteiger charge is -2.45. The zero-order valence-electron chi connectivity index (χ0n) is 25.9. The summed E-state index contributed by atoms with van der Waals surface area (Å²) in [6.07, 6.45) is 4.87. The van der Waals surface area contributed by atoms with Gasteiger partial charge in [0, 0.05) is 43.2 Å². The fourth-order valence-electron chi connectivity index (χ4n) is 4.73. The van der Waals surface area contributed by atoms with Gasteiger partial charge in [-0.2, -0.15) is 0 Å². The van der Waals surface area contributed by atoms with E-state index in [4.69, 9.17) is 19.8 Å². The Morgan fingerprint density at radius 3 is 2.40 bits per heavy atom. The molecule has 40 heavy (non-hydrogen) atoms. The summed E-state index contributed by atoms with van der Waals surface area (Å²) in [5.41, 5.74) is 7.45. The van der Waals surface area contributed by atoms with Crippen LogP contribution in [0.5, 0.6) is 0 Å². The maximum absolute atomic E-state index is 13.6. The number of Topliss-reactive ketones (excluding diaryl/α,β-unsaturated/α-hetero) is 1. The van der Waals surface area contributed by atoms with Crippen LogP contribution in [0.4, 0.5) is 17.2 Å². The number of hydrogen-bond donors (Lipinski definition) is 1. The van der Waals surface area contributed by atoms with Gasteiger partial charge in [0.2, 0.25) is 0 Å². The number of nitrogens with two attached hydrogens (primary N) is 1. The third-order valence-electron chi connectivity index (χ3n) is 9.08. The molecule has 0 saturated carbocycles. The summed E-state index contributed by atoms with van der Waals surface area (Å²) in [6.45, 7) is 23.2. The molecule has 0 unspecified atom stereocenters. The number of anilines is 3. The molecule has 0 aromatic carbocycles. The maximum Gasteiger partial charge on any atom is 0.192 e. The standard InChI is InChI=1S/C30H47N5O4Si/c1-20-19-34(16-14-25(20)37-40(9,10)28(2,3)4)23-13-15-32-18-21(23)17-24(36)27-22(31)11-12-26(33-27)35-38-29(5,6)30(7,8)39-35/h11-13,15,18,20,25H,14,16-17,19,31H2,1-10H3/t20-,25-/m1/s1. The van der Waals surface area contributed by atoms with E-state index >= 15 is 0 Å². The molecule has 0 bridgehead atoms. The number of ketones is 1. The quantitative estimate of drug-likeness (QED) is 0.319. The third-order valence-corrected chi connectivity index (χ3v) is 13.6. The molecule has 4 rings (SSSR count). The first kappa shape index (κ1) is 30.4. The summed E-state index contributed by atoms with van der Waals surface area (Å²) in [7, 11) is -1.86. The van der Waals surface area contributed by atoms with Crippen LogP contribution in [0.2, 0.25) is 18.1 Å². The van der Waals surface area contributed by atoms with Crippen LogP contribution in [0.1, 0.15) is 77.9 Å². The molecular weight excluding hydrogens is 522 g/mol. The Balaban J connectivity index is 1.49. The topological polar surface area (TPSA) is 103 Å². The Bertz CT molecular complexity index is 1230. The second-order valence-corrected chi connectivity index (χ2v) is 18.6. The van der Waals surface area contributed by atoms with Crippen molar-refractivity contribution < 1.29 is 18.9 Å². The highest BCUT2D eigenvalue weighted by Crippen LogP contribution is 2.41. The van der Waals surface area contributed by atoms with Crippen LogP contribution in [0.3, 0.4) is 0 Å². The van der Waals surface area contributed by atoms with Gasteiger partial charge in [-0.15, -0.1) is 5.23 Å². The fraction of sp³-hybridized carbons (Fsp3) is 0.633. The average molecular weight is 570 g/mol. The van der Waals surface area contributed by atoms with Crippen molar-refractivity contribution in [3.05, 3.63) is 41.9 Å². The van der Waals surface area contributed by atoms with E-state index in [0.717, 1.165) is 30.8 Å². The van der Waals surface area contributed by atoms with Crippen LogP contribution >= 0.6 is 0 Å². The molecule has 0 aliphatic carbocycles. The van der Waals surface area contributed by atoms with Gasteiger partial charge in [0.05, 0.1) is 11.8 Å². The van der Waals surface area contributed by atoms with Crippen molar-refractivity contribution >= 4 is 31.3 Å². The summed E-state index contributed by atoms with van der Waals surface area (Å²) < 4.78 is 6.78. The van der Waals surface area contributed by atoms with Gasteiger partial charge in [-0.1, -0.05) is 27.7 Å². The Labute approximate surface area is 240 Å². The van der Waals surface area contributed by atoms with Gasteiger partial charge in [0.1, 0.15) is 16.9 Å². The molecule has 2 N–H and O–H groups in total. The number of rotatable bonds is 7. The fourth-order valence-corrected chi connectivity index (χ4v) is 6.19. The molecule has 0 spiro atoms. The lowest BCUT2D eigenvalue weighted by atomic mass is 9.90. The number of carbonyl (C=O) groups is 1. The highest BCUT2D eigenvalue weighted by Gasteiger charge is 2.50. The average Bonchev–Trinajstić information content (AvgIpc) is 3.06. The predicted octanol–water partition coefficient (Wildman–Crippen LogP) is 5.96. The van der Waals surface area contributed by atoms with Crippen LogP contribution in [0, 0.1) is 5.92 Å². The lowest BCUT2D eigenvalue weighted by Crippen LogP contribution is -2.50. The van der Waals surface area contributed by atoms with E-state index in [0.29, 0.717) is 17.4 Å². The van der Waals surface area contributed by atoms with E-state index in [9.17, 15) is 4.79 Å². The zero-order valence-corrected chi connectivity index (χ0v) is 26.9. The van der Waals surface area contributed by atoms with Crippen LogP contribution in [0.15, 0.2) is 30.6 Å². The van der Waals surface area contributed by atoms with Crippen molar-refractivity contribution in [2.24, 2.45) is 5.92 Å². The Hall–Kier alpha value is -2.53.